The highest BCUT2D eigenvalue weighted by Crippen LogP contribution is 2.23. The van der Waals surface area contributed by atoms with Gasteiger partial charge in [0.2, 0.25) is 0 Å². The van der Waals surface area contributed by atoms with Crippen LogP contribution in [0, 0.1) is 0 Å². The van der Waals surface area contributed by atoms with E-state index in [-0.39, 0.29) is 5.91 Å². The first-order valence-electron chi connectivity index (χ1n) is 5.80. The van der Waals surface area contributed by atoms with Gasteiger partial charge in [-0.05, 0) is 37.6 Å². The van der Waals surface area contributed by atoms with Gasteiger partial charge >= 0.3 is 0 Å². The summed E-state index contributed by atoms with van der Waals surface area (Å²) in [6.45, 7) is 4.08. The second-order valence-electron chi connectivity index (χ2n) is 4.09. The van der Waals surface area contributed by atoms with Crippen molar-refractivity contribution in [1.29, 1.82) is 0 Å². The van der Waals surface area contributed by atoms with Crippen LogP contribution in [0.15, 0.2) is 24.3 Å². The third-order valence-corrected chi connectivity index (χ3v) is 3.13. The van der Waals surface area contributed by atoms with E-state index >= 15 is 0 Å². The summed E-state index contributed by atoms with van der Waals surface area (Å²) in [6.07, 6.45) is 0.559. The Bertz CT molecular complexity index is 394. The van der Waals surface area contributed by atoms with Crippen LogP contribution in [0.5, 0.6) is 5.75 Å². The van der Waals surface area contributed by atoms with Crippen LogP contribution in [-0.4, -0.2) is 23.9 Å². The fourth-order valence-electron chi connectivity index (χ4n) is 1.39. The van der Waals surface area contributed by atoms with Crippen molar-refractivity contribution in [1.82, 2.24) is 5.32 Å². The molecule has 18 heavy (non-hydrogen) atoms. The van der Waals surface area contributed by atoms with E-state index in [9.17, 15) is 4.79 Å². The van der Waals surface area contributed by atoms with Crippen molar-refractivity contribution in [2.45, 2.75) is 25.9 Å². The summed E-state index contributed by atoms with van der Waals surface area (Å²) in [5.41, 5.74) is -0.903. The summed E-state index contributed by atoms with van der Waals surface area (Å²) < 4.78 is 5.75. The molecule has 0 saturated heterocycles. The number of benzene rings is 1. The molecule has 1 rings (SSSR count). The minimum absolute atomic E-state index is 0.166. The Morgan fingerprint density at radius 2 is 2.00 bits per heavy atom. The molecular weight excluding hydrogens is 273 g/mol. The molecule has 1 aromatic rings. The van der Waals surface area contributed by atoms with Gasteiger partial charge in [-0.3, -0.25) is 4.79 Å². The summed E-state index contributed by atoms with van der Waals surface area (Å²) in [5.74, 6) is 0.831. The largest absolute Gasteiger partial charge is 0.478 e. The van der Waals surface area contributed by atoms with E-state index in [4.69, 9.17) is 27.9 Å². The van der Waals surface area contributed by atoms with E-state index in [2.05, 4.69) is 5.32 Å². The van der Waals surface area contributed by atoms with Gasteiger partial charge in [-0.2, -0.15) is 0 Å². The standard InChI is InChI=1S/C13H17Cl2NO2/c1-3-13(2,12(17)16-9-8-14)18-11-6-4-10(15)5-7-11/h4-7H,3,8-9H2,1-2H3,(H,16,17). The van der Waals surface area contributed by atoms with Gasteiger partial charge in [-0.1, -0.05) is 18.5 Å². The van der Waals surface area contributed by atoms with E-state index in [0.29, 0.717) is 29.6 Å². The fourth-order valence-corrected chi connectivity index (χ4v) is 1.61. The van der Waals surface area contributed by atoms with Gasteiger partial charge in [0.25, 0.3) is 5.91 Å². The van der Waals surface area contributed by atoms with Crippen molar-refractivity contribution in [3.05, 3.63) is 29.3 Å². The molecular formula is C13H17Cl2NO2. The molecule has 0 bridgehead atoms. The maximum Gasteiger partial charge on any atom is 0.263 e. The van der Waals surface area contributed by atoms with Gasteiger partial charge in [-0.25, -0.2) is 0 Å². The highest BCUT2D eigenvalue weighted by atomic mass is 35.5. The molecule has 0 aliphatic rings. The van der Waals surface area contributed by atoms with E-state index in [1.54, 1.807) is 31.2 Å². The highest BCUT2D eigenvalue weighted by molar-refractivity contribution is 6.30. The molecule has 0 aliphatic heterocycles. The van der Waals surface area contributed by atoms with Crippen LogP contribution < -0.4 is 10.1 Å². The molecule has 3 nitrogen and oxygen atoms in total. The smallest absolute Gasteiger partial charge is 0.263 e. The number of halogens is 2. The molecule has 0 aromatic heterocycles. The average Bonchev–Trinajstić information content (AvgIpc) is 2.38. The Morgan fingerprint density at radius 1 is 1.39 bits per heavy atom. The first-order valence-corrected chi connectivity index (χ1v) is 6.72. The van der Waals surface area contributed by atoms with Gasteiger partial charge in [0.15, 0.2) is 5.60 Å². The van der Waals surface area contributed by atoms with Crippen LogP contribution in [0.4, 0.5) is 0 Å². The maximum atomic E-state index is 12.0. The summed E-state index contributed by atoms with van der Waals surface area (Å²) in [4.78, 5) is 12.0. The lowest BCUT2D eigenvalue weighted by atomic mass is 10.0. The fraction of sp³-hybridized carbons (Fsp3) is 0.462. The first-order chi connectivity index (χ1) is 8.51. The topological polar surface area (TPSA) is 38.3 Å². The van der Waals surface area contributed by atoms with Gasteiger partial charge in [0, 0.05) is 17.4 Å². The molecule has 1 N–H and O–H groups in total. The normalized spacial score (nSPS) is 13.8. The number of hydrogen-bond acceptors (Lipinski definition) is 2. The maximum absolute atomic E-state index is 12.0. The second-order valence-corrected chi connectivity index (χ2v) is 4.90. The number of amides is 1. The third-order valence-electron chi connectivity index (χ3n) is 2.69. The lowest BCUT2D eigenvalue weighted by molar-refractivity contribution is -0.135. The minimum atomic E-state index is -0.903. The number of carbonyl (C=O) groups excluding carboxylic acids is 1. The predicted molar refractivity (Wildman–Crippen MR) is 74.5 cm³/mol. The lowest BCUT2D eigenvalue weighted by Crippen LogP contribution is -2.49. The van der Waals surface area contributed by atoms with Crippen molar-refractivity contribution in [2.75, 3.05) is 12.4 Å². The van der Waals surface area contributed by atoms with Crippen LogP contribution in [-0.2, 0) is 4.79 Å². The van der Waals surface area contributed by atoms with Crippen molar-refractivity contribution in [2.24, 2.45) is 0 Å². The molecule has 1 aromatic carbocycles. The van der Waals surface area contributed by atoms with E-state index in [1.165, 1.54) is 0 Å². The zero-order valence-electron chi connectivity index (χ0n) is 10.5. The minimum Gasteiger partial charge on any atom is -0.478 e. The Balaban J connectivity index is 2.75. The van der Waals surface area contributed by atoms with Crippen LogP contribution in [0.3, 0.4) is 0 Å². The zero-order valence-corrected chi connectivity index (χ0v) is 12.0. The quantitative estimate of drug-likeness (QED) is 0.817. The second kappa shape index (κ2) is 6.86. The van der Waals surface area contributed by atoms with Gasteiger partial charge in [-0.15, -0.1) is 11.6 Å². The van der Waals surface area contributed by atoms with E-state index < -0.39 is 5.60 Å². The molecule has 1 unspecified atom stereocenters. The summed E-state index contributed by atoms with van der Waals surface area (Å²) in [5, 5.41) is 3.37. The van der Waals surface area contributed by atoms with Crippen LogP contribution >= 0.6 is 23.2 Å². The molecule has 0 spiro atoms. The SMILES string of the molecule is CCC(C)(Oc1ccc(Cl)cc1)C(=O)NCCCl. The van der Waals surface area contributed by atoms with E-state index in [0.717, 1.165) is 0 Å². The molecule has 0 heterocycles. The van der Waals surface area contributed by atoms with Gasteiger partial charge in [0.1, 0.15) is 5.75 Å². The van der Waals surface area contributed by atoms with Crippen molar-refractivity contribution >= 4 is 29.1 Å². The number of alkyl halides is 1. The van der Waals surface area contributed by atoms with Crippen LogP contribution in [0.25, 0.3) is 0 Å². The molecule has 0 aliphatic carbocycles. The Hall–Kier alpha value is -0.930. The predicted octanol–water partition coefficient (Wildman–Crippen LogP) is 3.24. The van der Waals surface area contributed by atoms with Gasteiger partial charge in [0.05, 0.1) is 0 Å². The molecule has 0 radical (unpaired) electrons. The number of ether oxygens (including phenoxy) is 1. The molecule has 1 atom stereocenters. The lowest BCUT2D eigenvalue weighted by Gasteiger charge is -2.28. The van der Waals surface area contributed by atoms with Crippen LogP contribution in [0.2, 0.25) is 5.02 Å². The van der Waals surface area contributed by atoms with Crippen LogP contribution in [0.1, 0.15) is 20.3 Å². The number of nitrogens with one attached hydrogen (secondary N) is 1. The molecule has 100 valence electrons. The molecule has 0 fully saturated rings. The third kappa shape index (κ3) is 4.07. The number of hydrogen-bond donors (Lipinski definition) is 1. The van der Waals surface area contributed by atoms with Crippen molar-refractivity contribution in [3.8, 4) is 5.75 Å². The van der Waals surface area contributed by atoms with Gasteiger partial charge < -0.3 is 10.1 Å². The number of rotatable bonds is 6. The highest BCUT2D eigenvalue weighted by Gasteiger charge is 2.33. The Labute approximate surface area is 117 Å². The zero-order chi connectivity index (χ0) is 13.6. The molecule has 5 heteroatoms. The van der Waals surface area contributed by atoms with Crippen molar-refractivity contribution in [3.63, 3.8) is 0 Å². The average molecular weight is 290 g/mol. The molecule has 0 saturated carbocycles. The van der Waals surface area contributed by atoms with Crippen molar-refractivity contribution < 1.29 is 9.53 Å². The molecule has 1 amide bonds. The summed E-state index contributed by atoms with van der Waals surface area (Å²) in [6, 6.07) is 6.93. The summed E-state index contributed by atoms with van der Waals surface area (Å²) in [7, 11) is 0. The monoisotopic (exact) mass is 289 g/mol. The summed E-state index contributed by atoms with van der Waals surface area (Å²) >= 11 is 11.3. The Morgan fingerprint density at radius 3 is 2.50 bits per heavy atom. The number of carbonyl (C=O) groups is 1. The Kier molecular flexibility index (Phi) is 5.76. The van der Waals surface area contributed by atoms with E-state index in [1.807, 2.05) is 6.92 Å². The first kappa shape index (κ1) is 15.1.